The summed E-state index contributed by atoms with van der Waals surface area (Å²) in [6.45, 7) is 2.32. The molecule has 5 heteroatoms. The Morgan fingerprint density at radius 1 is 1.62 bits per heavy atom. The Kier molecular flexibility index (Phi) is 3.36. The zero-order valence-corrected chi connectivity index (χ0v) is 9.71. The third kappa shape index (κ3) is 2.70. The summed E-state index contributed by atoms with van der Waals surface area (Å²) in [5.74, 6) is 0.559. The molecule has 84 valence electrons. The molecule has 16 heavy (non-hydrogen) atoms. The van der Waals surface area contributed by atoms with Gasteiger partial charge < -0.3 is 9.73 Å². The van der Waals surface area contributed by atoms with Crippen molar-refractivity contribution in [3.63, 3.8) is 0 Å². The molecular weight excluding hydrogens is 224 g/mol. The van der Waals surface area contributed by atoms with E-state index in [-0.39, 0.29) is 11.7 Å². The molecule has 0 spiro atoms. The lowest BCUT2D eigenvalue weighted by Gasteiger charge is -2.00. The Labute approximate surface area is 97.3 Å². The molecule has 1 N–H and O–H groups in total. The van der Waals surface area contributed by atoms with E-state index in [1.807, 2.05) is 11.4 Å². The fraction of sp³-hybridized carbons (Fsp3) is 0.273. The number of thiophene rings is 1. The van der Waals surface area contributed by atoms with Gasteiger partial charge in [0.05, 0.1) is 6.20 Å². The maximum absolute atomic E-state index is 11.5. The first-order valence-corrected chi connectivity index (χ1v) is 5.86. The van der Waals surface area contributed by atoms with Gasteiger partial charge in [-0.1, -0.05) is 6.07 Å². The van der Waals surface area contributed by atoms with Gasteiger partial charge in [0.15, 0.2) is 5.89 Å². The average molecular weight is 236 g/mol. The fourth-order valence-electron chi connectivity index (χ4n) is 1.31. The van der Waals surface area contributed by atoms with Gasteiger partial charge in [-0.15, -0.1) is 11.3 Å². The van der Waals surface area contributed by atoms with Crippen LogP contribution in [-0.4, -0.2) is 17.4 Å². The molecule has 0 atom stereocenters. The number of rotatable bonds is 4. The molecule has 2 aromatic rings. The third-order valence-corrected chi connectivity index (χ3v) is 3.02. The summed E-state index contributed by atoms with van der Waals surface area (Å²) in [6.07, 6.45) is 2.28. The summed E-state index contributed by atoms with van der Waals surface area (Å²) in [7, 11) is 0. The summed E-state index contributed by atoms with van der Waals surface area (Å²) >= 11 is 1.69. The first-order valence-electron chi connectivity index (χ1n) is 4.99. The van der Waals surface area contributed by atoms with Gasteiger partial charge in [0, 0.05) is 18.3 Å². The number of nitrogens with zero attached hydrogens (tertiary/aromatic N) is 1. The fourth-order valence-corrected chi connectivity index (χ4v) is 2.02. The van der Waals surface area contributed by atoms with E-state index in [9.17, 15) is 4.79 Å². The van der Waals surface area contributed by atoms with Gasteiger partial charge in [0.1, 0.15) is 0 Å². The second-order valence-electron chi connectivity index (χ2n) is 3.33. The molecule has 4 nitrogen and oxygen atoms in total. The Morgan fingerprint density at radius 2 is 2.50 bits per heavy atom. The number of amides is 1. The highest BCUT2D eigenvalue weighted by Gasteiger charge is 2.09. The van der Waals surface area contributed by atoms with Crippen LogP contribution in [0.4, 0.5) is 0 Å². The Balaban J connectivity index is 1.80. The summed E-state index contributed by atoms with van der Waals surface area (Å²) in [5.41, 5.74) is 0. The molecule has 1 amide bonds. The van der Waals surface area contributed by atoms with E-state index in [2.05, 4.69) is 16.4 Å². The monoisotopic (exact) mass is 236 g/mol. The van der Waals surface area contributed by atoms with Gasteiger partial charge in [0.25, 0.3) is 5.91 Å². The number of aryl methyl sites for hydroxylation is 1. The summed E-state index contributed by atoms with van der Waals surface area (Å²) in [6, 6.07) is 4.05. The first kappa shape index (κ1) is 10.9. The zero-order chi connectivity index (χ0) is 11.4. The minimum absolute atomic E-state index is 0.211. The van der Waals surface area contributed by atoms with E-state index in [1.54, 1.807) is 18.3 Å². The standard InChI is InChI=1S/C11H12N2O2S/c1-8-13-7-10(15-8)11(14)12-5-4-9-3-2-6-16-9/h2-3,6-7H,4-5H2,1H3,(H,12,14). The van der Waals surface area contributed by atoms with Crippen LogP contribution in [0, 0.1) is 6.92 Å². The highest BCUT2D eigenvalue weighted by atomic mass is 32.1. The Bertz CT molecular complexity index is 462. The van der Waals surface area contributed by atoms with Crippen molar-refractivity contribution in [2.75, 3.05) is 6.54 Å². The van der Waals surface area contributed by atoms with Crippen LogP contribution in [0.5, 0.6) is 0 Å². The maximum Gasteiger partial charge on any atom is 0.288 e. The van der Waals surface area contributed by atoms with Crippen LogP contribution in [-0.2, 0) is 6.42 Å². The van der Waals surface area contributed by atoms with Crippen LogP contribution in [0.3, 0.4) is 0 Å². The lowest BCUT2D eigenvalue weighted by molar-refractivity contribution is 0.0925. The SMILES string of the molecule is Cc1ncc(C(=O)NCCc2cccs2)o1. The van der Waals surface area contributed by atoms with Crippen molar-refractivity contribution in [2.24, 2.45) is 0 Å². The lowest BCUT2D eigenvalue weighted by Crippen LogP contribution is -2.25. The summed E-state index contributed by atoms with van der Waals surface area (Å²) < 4.78 is 5.11. The third-order valence-electron chi connectivity index (χ3n) is 2.08. The topological polar surface area (TPSA) is 55.1 Å². The van der Waals surface area contributed by atoms with E-state index in [4.69, 9.17) is 4.42 Å². The van der Waals surface area contributed by atoms with Crippen molar-refractivity contribution < 1.29 is 9.21 Å². The minimum atomic E-state index is -0.211. The van der Waals surface area contributed by atoms with Gasteiger partial charge in [-0.3, -0.25) is 4.79 Å². The average Bonchev–Trinajstić information content (AvgIpc) is 2.89. The Hall–Kier alpha value is -1.62. The molecular formula is C11H12N2O2S. The second kappa shape index (κ2) is 4.94. The summed E-state index contributed by atoms with van der Waals surface area (Å²) in [5, 5.41) is 4.81. The van der Waals surface area contributed by atoms with Crippen molar-refractivity contribution in [3.05, 3.63) is 40.2 Å². The van der Waals surface area contributed by atoms with Crippen molar-refractivity contribution in [1.29, 1.82) is 0 Å². The smallest absolute Gasteiger partial charge is 0.288 e. The minimum Gasteiger partial charge on any atom is -0.436 e. The first-order chi connectivity index (χ1) is 7.75. The van der Waals surface area contributed by atoms with Gasteiger partial charge in [0.2, 0.25) is 5.76 Å². The van der Waals surface area contributed by atoms with E-state index in [0.717, 1.165) is 6.42 Å². The molecule has 0 radical (unpaired) electrons. The van der Waals surface area contributed by atoms with Crippen molar-refractivity contribution in [3.8, 4) is 0 Å². The molecule has 0 aliphatic rings. The number of oxazole rings is 1. The molecule has 0 aliphatic heterocycles. The molecule has 2 rings (SSSR count). The van der Waals surface area contributed by atoms with E-state index in [1.165, 1.54) is 11.1 Å². The van der Waals surface area contributed by atoms with Gasteiger partial charge in [-0.05, 0) is 17.9 Å². The number of carbonyl (C=O) groups excluding carboxylic acids is 1. The molecule has 0 bridgehead atoms. The highest BCUT2D eigenvalue weighted by molar-refractivity contribution is 7.09. The van der Waals surface area contributed by atoms with Crippen LogP contribution in [0.25, 0.3) is 0 Å². The number of hydrogen-bond donors (Lipinski definition) is 1. The molecule has 0 fully saturated rings. The quantitative estimate of drug-likeness (QED) is 0.883. The van der Waals surface area contributed by atoms with Crippen molar-refractivity contribution in [1.82, 2.24) is 10.3 Å². The van der Waals surface area contributed by atoms with Crippen LogP contribution < -0.4 is 5.32 Å². The molecule has 0 unspecified atom stereocenters. The molecule has 2 aromatic heterocycles. The van der Waals surface area contributed by atoms with E-state index >= 15 is 0 Å². The molecule has 0 aromatic carbocycles. The molecule has 0 saturated carbocycles. The van der Waals surface area contributed by atoms with Crippen LogP contribution in [0.1, 0.15) is 21.3 Å². The van der Waals surface area contributed by atoms with Gasteiger partial charge >= 0.3 is 0 Å². The van der Waals surface area contributed by atoms with Crippen LogP contribution in [0.15, 0.2) is 28.1 Å². The maximum atomic E-state index is 11.5. The van der Waals surface area contributed by atoms with Crippen molar-refractivity contribution >= 4 is 17.2 Å². The predicted molar refractivity (Wildman–Crippen MR) is 61.6 cm³/mol. The molecule has 0 aliphatic carbocycles. The zero-order valence-electron chi connectivity index (χ0n) is 8.90. The summed E-state index contributed by atoms with van der Waals surface area (Å²) in [4.78, 5) is 16.7. The van der Waals surface area contributed by atoms with E-state index in [0.29, 0.717) is 12.4 Å². The van der Waals surface area contributed by atoms with Gasteiger partial charge in [-0.2, -0.15) is 0 Å². The highest BCUT2D eigenvalue weighted by Crippen LogP contribution is 2.08. The largest absolute Gasteiger partial charge is 0.436 e. The van der Waals surface area contributed by atoms with Crippen LogP contribution in [0.2, 0.25) is 0 Å². The molecule has 0 saturated heterocycles. The second-order valence-corrected chi connectivity index (χ2v) is 4.36. The normalized spacial score (nSPS) is 10.3. The van der Waals surface area contributed by atoms with Crippen LogP contribution >= 0.6 is 11.3 Å². The predicted octanol–water partition coefficient (Wildman–Crippen LogP) is 2.02. The van der Waals surface area contributed by atoms with E-state index < -0.39 is 0 Å². The van der Waals surface area contributed by atoms with Gasteiger partial charge in [-0.25, -0.2) is 4.98 Å². The number of hydrogen-bond acceptors (Lipinski definition) is 4. The Morgan fingerprint density at radius 3 is 3.12 bits per heavy atom. The number of nitrogens with one attached hydrogen (secondary N) is 1. The number of aromatic nitrogens is 1. The lowest BCUT2D eigenvalue weighted by atomic mass is 10.3. The molecule has 2 heterocycles. The number of carbonyl (C=O) groups is 1. The van der Waals surface area contributed by atoms with Crippen molar-refractivity contribution in [2.45, 2.75) is 13.3 Å².